The second-order valence-corrected chi connectivity index (χ2v) is 8.22. The third kappa shape index (κ3) is 3.67. The van der Waals surface area contributed by atoms with E-state index in [4.69, 9.17) is 47.9 Å². The van der Waals surface area contributed by atoms with Crippen molar-refractivity contribution in [1.29, 1.82) is 5.26 Å². The maximum Gasteiger partial charge on any atom is 0.200 e. The van der Waals surface area contributed by atoms with Gasteiger partial charge in [-0.3, -0.25) is 0 Å². The highest BCUT2D eigenvalue weighted by Crippen LogP contribution is 2.51. The fourth-order valence-corrected chi connectivity index (χ4v) is 5.01. The van der Waals surface area contributed by atoms with Gasteiger partial charge in [-0.25, -0.2) is 10.9 Å². The highest BCUT2D eigenvalue weighted by atomic mass is 35.5. The first-order valence-electron chi connectivity index (χ1n) is 9.75. The van der Waals surface area contributed by atoms with Crippen molar-refractivity contribution in [3.05, 3.63) is 63.0 Å². The number of nitrogens with two attached hydrogens (primary N) is 1. The van der Waals surface area contributed by atoms with Crippen molar-refractivity contribution in [2.75, 3.05) is 21.3 Å². The molecule has 1 saturated heterocycles. The van der Waals surface area contributed by atoms with Crippen LogP contribution >= 0.6 is 23.2 Å². The number of halogens is 2. The molecule has 0 amide bonds. The van der Waals surface area contributed by atoms with Crippen molar-refractivity contribution in [3.8, 4) is 23.3 Å². The standard InChI is InChI=1S/C22H22Cl2N4O4/c1-29-15-5-4-10(6-16(15)30-2)19-18-17(12-7-11(23)8-14(24)20(12)31-3)13(9-25)21(26)32-22(18)28-27-19/h4-8,17-19,22,27-28H,26H2,1-3H3. The summed E-state index contributed by atoms with van der Waals surface area (Å²) < 4.78 is 22.3. The van der Waals surface area contributed by atoms with Gasteiger partial charge in [-0.1, -0.05) is 29.3 Å². The maximum atomic E-state index is 9.97. The van der Waals surface area contributed by atoms with Crippen LogP contribution in [-0.2, 0) is 4.74 Å². The van der Waals surface area contributed by atoms with Crippen LogP contribution in [0.5, 0.6) is 17.2 Å². The van der Waals surface area contributed by atoms with E-state index in [-0.39, 0.29) is 23.4 Å². The van der Waals surface area contributed by atoms with Crippen molar-refractivity contribution in [1.82, 2.24) is 10.9 Å². The first-order valence-corrected chi connectivity index (χ1v) is 10.5. The monoisotopic (exact) mass is 476 g/mol. The lowest BCUT2D eigenvalue weighted by atomic mass is 9.74. The third-order valence-corrected chi connectivity index (χ3v) is 6.29. The minimum Gasteiger partial charge on any atom is -0.495 e. The van der Waals surface area contributed by atoms with E-state index in [1.165, 1.54) is 7.11 Å². The van der Waals surface area contributed by atoms with Gasteiger partial charge in [0.05, 0.1) is 38.0 Å². The lowest BCUT2D eigenvalue weighted by molar-refractivity contribution is 0.0337. The summed E-state index contributed by atoms with van der Waals surface area (Å²) in [5.41, 5.74) is 14.4. The number of fused-ring (bicyclic) bond motifs is 1. The smallest absolute Gasteiger partial charge is 0.200 e. The second kappa shape index (κ2) is 8.96. The maximum absolute atomic E-state index is 9.97. The van der Waals surface area contributed by atoms with Gasteiger partial charge in [-0.05, 0) is 29.8 Å². The number of hydrogen-bond donors (Lipinski definition) is 3. The molecule has 8 nitrogen and oxygen atoms in total. The largest absolute Gasteiger partial charge is 0.495 e. The average molecular weight is 477 g/mol. The summed E-state index contributed by atoms with van der Waals surface area (Å²) in [6.45, 7) is 0. The molecule has 0 spiro atoms. The fourth-order valence-electron chi connectivity index (χ4n) is 4.43. The molecular formula is C22H22Cl2N4O4. The van der Waals surface area contributed by atoms with Gasteiger partial charge in [-0.2, -0.15) is 5.26 Å². The summed E-state index contributed by atoms with van der Waals surface area (Å²) in [5.74, 6) is 0.867. The Balaban J connectivity index is 1.88. The van der Waals surface area contributed by atoms with E-state index in [0.717, 1.165) is 5.56 Å². The molecule has 2 heterocycles. The molecule has 0 radical (unpaired) electrons. The molecule has 2 aliphatic rings. The molecule has 2 aromatic rings. The SMILES string of the molecule is COc1ccc(C2NNC3OC(N)=C(C#N)C(c4cc(Cl)cc(Cl)c4OC)C32)cc1OC. The van der Waals surface area contributed by atoms with Gasteiger partial charge >= 0.3 is 0 Å². The van der Waals surface area contributed by atoms with Crippen molar-refractivity contribution in [2.45, 2.75) is 18.2 Å². The van der Waals surface area contributed by atoms with Crippen molar-refractivity contribution < 1.29 is 18.9 Å². The summed E-state index contributed by atoms with van der Waals surface area (Å²) >= 11 is 12.7. The third-order valence-electron chi connectivity index (χ3n) is 5.79. The van der Waals surface area contributed by atoms with E-state index in [9.17, 15) is 5.26 Å². The van der Waals surface area contributed by atoms with Crippen LogP contribution in [0.3, 0.4) is 0 Å². The number of nitrogens with zero attached hydrogens (tertiary/aromatic N) is 1. The molecular weight excluding hydrogens is 455 g/mol. The zero-order chi connectivity index (χ0) is 23.0. The van der Waals surface area contributed by atoms with E-state index in [1.807, 2.05) is 18.2 Å². The summed E-state index contributed by atoms with van der Waals surface area (Å²) in [5, 5.41) is 10.7. The van der Waals surface area contributed by atoms with Crippen molar-refractivity contribution in [3.63, 3.8) is 0 Å². The minimum atomic E-state index is -0.516. The number of benzene rings is 2. The number of hydrazine groups is 1. The molecule has 0 saturated carbocycles. The summed E-state index contributed by atoms with van der Waals surface area (Å²) in [7, 11) is 4.68. The van der Waals surface area contributed by atoms with E-state index in [1.54, 1.807) is 26.4 Å². The molecule has 4 atom stereocenters. The highest BCUT2D eigenvalue weighted by Gasteiger charge is 2.50. The molecule has 2 aromatic carbocycles. The molecule has 2 aliphatic heterocycles. The van der Waals surface area contributed by atoms with E-state index in [0.29, 0.717) is 32.9 Å². The Morgan fingerprint density at radius 3 is 2.44 bits per heavy atom. The zero-order valence-corrected chi connectivity index (χ0v) is 19.1. The van der Waals surface area contributed by atoms with Crippen molar-refractivity contribution in [2.24, 2.45) is 11.7 Å². The molecule has 32 heavy (non-hydrogen) atoms. The van der Waals surface area contributed by atoms with Gasteiger partial charge in [0.2, 0.25) is 5.88 Å². The van der Waals surface area contributed by atoms with Crippen LogP contribution in [0.2, 0.25) is 10.0 Å². The lowest BCUT2D eigenvalue weighted by Crippen LogP contribution is -2.41. The van der Waals surface area contributed by atoms with Crippen LogP contribution in [0.25, 0.3) is 0 Å². The molecule has 0 aromatic heterocycles. The van der Waals surface area contributed by atoms with Crippen molar-refractivity contribution >= 4 is 23.2 Å². The number of ether oxygens (including phenoxy) is 4. The predicted octanol–water partition coefficient (Wildman–Crippen LogP) is 3.62. The number of hydrogen-bond acceptors (Lipinski definition) is 8. The Bertz CT molecular complexity index is 1120. The number of allylic oxidation sites excluding steroid dienone is 1. The topological polar surface area (TPSA) is 111 Å². The number of rotatable bonds is 5. The Morgan fingerprint density at radius 1 is 1.03 bits per heavy atom. The Kier molecular flexibility index (Phi) is 6.26. The lowest BCUT2D eigenvalue weighted by Gasteiger charge is -2.36. The van der Waals surface area contributed by atoms with E-state index in [2.05, 4.69) is 16.9 Å². The van der Waals surface area contributed by atoms with Crippen LogP contribution in [0.15, 0.2) is 41.8 Å². The van der Waals surface area contributed by atoms with E-state index >= 15 is 0 Å². The van der Waals surface area contributed by atoms with Gasteiger partial charge < -0.3 is 24.7 Å². The van der Waals surface area contributed by atoms with Crippen LogP contribution < -0.4 is 30.8 Å². The Morgan fingerprint density at radius 2 is 1.78 bits per heavy atom. The first-order chi connectivity index (χ1) is 15.4. The second-order valence-electron chi connectivity index (χ2n) is 7.37. The summed E-state index contributed by atoms with van der Waals surface area (Å²) in [4.78, 5) is 0. The fraction of sp³-hybridized carbons (Fsp3) is 0.318. The number of methoxy groups -OCH3 is 3. The van der Waals surface area contributed by atoms with Gasteiger partial charge in [0, 0.05) is 22.4 Å². The van der Waals surface area contributed by atoms with Gasteiger partial charge in [0.15, 0.2) is 17.7 Å². The Labute approximate surface area is 195 Å². The summed E-state index contributed by atoms with van der Waals surface area (Å²) in [6, 6.07) is 10.9. The van der Waals surface area contributed by atoms with Crippen LogP contribution in [-0.4, -0.2) is 27.6 Å². The molecule has 4 N–H and O–H groups in total. The molecule has 0 aliphatic carbocycles. The molecule has 168 valence electrons. The van der Waals surface area contributed by atoms with E-state index < -0.39 is 12.1 Å². The van der Waals surface area contributed by atoms with Crippen LogP contribution in [0, 0.1) is 17.2 Å². The number of nitrogens with one attached hydrogen (secondary N) is 2. The molecule has 4 rings (SSSR count). The predicted molar refractivity (Wildman–Crippen MR) is 120 cm³/mol. The molecule has 0 bridgehead atoms. The van der Waals surface area contributed by atoms with Crippen LogP contribution in [0.1, 0.15) is 23.1 Å². The van der Waals surface area contributed by atoms with Crippen LogP contribution in [0.4, 0.5) is 0 Å². The molecule has 10 heteroatoms. The highest BCUT2D eigenvalue weighted by molar-refractivity contribution is 6.35. The molecule has 1 fully saturated rings. The minimum absolute atomic E-state index is 0.0409. The number of nitriles is 1. The zero-order valence-electron chi connectivity index (χ0n) is 17.6. The summed E-state index contributed by atoms with van der Waals surface area (Å²) in [6.07, 6.45) is -0.516. The first kappa shape index (κ1) is 22.4. The molecule has 4 unspecified atom stereocenters. The Hall–Kier alpha value is -2.83. The van der Waals surface area contributed by atoms with Gasteiger partial charge in [0.25, 0.3) is 0 Å². The average Bonchev–Trinajstić information content (AvgIpc) is 3.20. The normalized spacial score (nSPS) is 24.4. The van der Waals surface area contributed by atoms with Gasteiger partial charge in [0.1, 0.15) is 11.8 Å². The van der Waals surface area contributed by atoms with Gasteiger partial charge in [-0.15, -0.1) is 0 Å². The quantitative estimate of drug-likeness (QED) is 0.599.